The number of hydrogen-bond donors (Lipinski definition) is 1. The largest absolute Gasteiger partial charge is 1.00 e. The Kier molecular flexibility index (Phi) is 7.19. The molecule has 1 aromatic heterocycles. The van der Waals surface area contributed by atoms with Crippen LogP contribution in [0.3, 0.4) is 0 Å². The van der Waals surface area contributed by atoms with E-state index in [2.05, 4.69) is 0 Å². The van der Waals surface area contributed by atoms with Gasteiger partial charge in [-0.2, -0.15) is 0 Å². The Bertz CT molecular complexity index is 813. The normalized spacial score (nSPS) is 20.2. The number of rotatable bonds is 6. The van der Waals surface area contributed by atoms with Crippen LogP contribution in [-0.2, 0) is 28.7 Å². The zero-order valence-electron chi connectivity index (χ0n) is 15.9. The molecule has 0 saturated heterocycles. The monoisotopic (exact) mass is 506 g/mol. The summed E-state index contributed by atoms with van der Waals surface area (Å²) in [7, 11) is 1.91. The van der Waals surface area contributed by atoms with Gasteiger partial charge < -0.3 is 33.8 Å². The highest BCUT2D eigenvalue weighted by Gasteiger charge is 2.54. The lowest BCUT2D eigenvalue weighted by Crippen LogP contribution is -3.00. The standard InChI is InChI=1S/C20H25F2N2O3.HI/c1-15-23(2)10-11-24(15)12-13-27-18(25)20(26,16-6-4-3-5-7-16)17-8-9-19(21,22)14-17;/h3-7,10-11,17,26H,8-9,12-14H2,1-2H3;1H/q+1;/p-1/t17-,20+;/m1./s1. The Morgan fingerprint density at radius 2 is 2.07 bits per heavy atom. The number of imidazole rings is 1. The average Bonchev–Trinajstić information content (AvgIpc) is 3.18. The Labute approximate surface area is 180 Å². The van der Waals surface area contributed by atoms with Crippen molar-refractivity contribution in [2.75, 3.05) is 6.61 Å². The lowest BCUT2D eigenvalue weighted by Gasteiger charge is -2.32. The summed E-state index contributed by atoms with van der Waals surface area (Å²) in [4.78, 5) is 12.8. The van der Waals surface area contributed by atoms with Crippen molar-refractivity contribution < 1.29 is 52.0 Å². The van der Waals surface area contributed by atoms with Crippen molar-refractivity contribution in [3.63, 3.8) is 0 Å². The molecule has 1 heterocycles. The van der Waals surface area contributed by atoms with E-state index in [0.29, 0.717) is 12.1 Å². The van der Waals surface area contributed by atoms with Crippen molar-refractivity contribution in [3.05, 3.63) is 54.1 Å². The van der Waals surface area contributed by atoms with Crippen LogP contribution in [0.25, 0.3) is 0 Å². The Morgan fingerprint density at radius 1 is 1.39 bits per heavy atom. The highest BCUT2D eigenvalue weighted by molar-refractivity contribution is 5.81. The van der Waals surface area contributed by atoms with Crippen molar-refractivity contribution in [3.8, 4) is 0 Å². The maximum atomic E-state index is 13.8. The number of hydrogen-bond acceptors (Lipinski definition) is 3. The maximum Gasteiger partial charge on any atom is 0.343 e. The second-order valence-corrected chi connectivity index (χ2v) is 7.21. The molecule has 1 fully saturated rings. The van der Waals surface area contributed by atoms with Gasteiger partial charge in [-0.25, -0.2) is 22.7 Å². The van der Waals surface area contributed by atoms with E-state index in [1.165, 1.54) is 0 Å². The third-order valence-corrected chi connectivity index (χ3v) is 5.48. The molecule has 0 unspecified atom stereocenters. The van der Waals surface area contributed by atoms with E-state index in [-0.39, 0.29) is 43.4 Å². The van der Waals surface area contributed by atoms with Crippen molar-refractivity contribution in [2.45, 2.75) is 44.3 Å². The lowest BCUT2D eigenvalue weighted by molar-refractivity contribution is -0.677. The number of aryl methyl sites for hydroxylation is 1. The smallest absolute Gasteiger partial charge is 0.343 e. The Hall–Kier alpha value is -1.55. The van der Waals surface area contributed by atoms with Crippen LogP contribution in [0.15, 0.2) is 42.7 Å². The summed E-state index contributed by atoms with van der Waals surface area (Å²) >= 11 is 0. The predicted molar refractivity (Wildman–Crippen MR) is 93.9 cm³/mol. The van der Waals surface area contributed by atoms with Gasteiger partial charge >= 0.3 is 5.97 Å². The van der Waals surface area contributed by atoms with E-state index >= 15 is 0 Å². The summed E-state index contributed by atoms with van der Waals surface area (Å²) in [6.07, 6.45) is 2.96. The van der Waals surface area contributed by atoms with Crippen LogP contribution in [-0.4, -0.2) is 28.2 Å². The number of ether oxygens (including phenoxy) is 1. The van der Waals surface area contributed by atoms with Gasteiger partial charge in [0.15, 0.2) is 5.60 Å². The molecule has 1 N–H and O–H groups in total. The van der Waals surface area contributed by atoms with Gasteiger partial charge in [0, 0.05) is 25.7 Å². The van der Waals surface area contributed by atoms with Crippen LogP contribution in [0.1, 0.15) is 30.7 Å². The van der Waals surface area contributed by atoms with Crippen molar-refractivity contribution in [2.24, 2.45) is 13.0 Å². The summed E-state index contributed by atoms with van der Waals surface area (Å²) in [6, 6.07) is 8.24. The van der Waals surface area contributed by atoms with E-state index in [0.717, 1.165) is 5.82 Å². The summed E-state index contributed by atoms with van der Waals surface area (Å²) < 4.78 is 36.7. The number of nitrogens with zero attached hydrogens (tertiary/aromatic N) is 2. The number of aliphatic hydroxyl groups is 1. The third kappa shape index (κ3) is 4.53. The molecule has 28 heavy (non-hydrogen) atoms. The third-order valence-electron chi connectivity index (χ3n) is 5.48. The van der Waals surface area contributed by atoms with E-state index in [9.17, 15) is 18.7 Å². The number of halogens is 3. The fraction of sp³-hybridized carbons (Fsp3) is 0.500. The van der Waals surface area contributed by atoms with Crippen molar-refractivity contribution in [1.82, 2.24) is 4.57 Å². The molecule has 0 spiro atoms. The summed E-state index contributed by atoms with van der Waals surface area (Å²) in [5.41, 5.74) is -1.78. The first kappa shape index (κ1) is 22.7. The van der Waals surface area contributed by atoms with Crippen molar-refractivity contribution >= 4 is 5.97 Å². The number of carbonyl (C=O) groups excluding carboxylic acids is 1. The first-order valence-electron chi connectivity index (χ1n) is 9.08. The second-order valence-electron chi connectivity index (χ2n) is 7.21. The molecule has 2 aromatic rings. The number of carbonyl (C=O) groups is 1. The van der Waals surface area contributed by atoms with Crippen LogP contribution < -0.4 is 28.5 Å². The molecule has 154 valence electrons. The number of aromatic nitrogens is 2. The summed E-state index contributed by atoms with van der Waals surface area (Å²) in [6.45, 7) is 2.40. The number of alkyl halides is 2. The molecule has 1 aromatic carbocycles. The number of esters is 1. The predicted octanol–water partition coefficient (Wildman–Crippen LogP) is -0.509. The fourth-order valence-corrected chi connectivity index (χ4v) is 3.70. The molecule has 5 nitrogen and oxygen atoms in total. The van der Waals surface area contributed by atoms with Crippen molar-refractivity contribution in [1.29, 1.82) is 0 Å². The first-order valence-corrected chi connectivity index (χ1v) is 9.08. The van der Waals surface area contributed by atoms with Gasteiger partial charge in [0.2, 0.25) is 5.92 Å². The van der Waals surface area contributed by atoms with E-state index < -0.39 is 29.8 Å². The molecular weight excluding hydrogens is 481 g/mol. The maximum absolute atomic E-state index is 13.8. The van der Waals surface area contributed by atoms with Crippen LogP contribution in [0, 0.1) is 12.8 Å². The molecule has 2 atom stereocenters. The van der Waals surface area contributed by atoms with E-state index in [4.69, 9.17) is 4.74 Å². The van der Waals surface area contributed by atoms with Gasteiger partial charge in [0.25, 0.3) is 5.82 Å². The molecule has 3 rings (SSSR count). The van der Waals surface area contributed by atoms with Gasteiger partial charge in [-0.1, -0.05) is 30.3 Å². The Balaban J connectivity index is 0.00000280. The zero-order chi connectivity index (χ0) is 19.7. The highest BCUT2D eigenvalue weighted by atomic mass is 127. The van der Waals surface area contributed by atoms with Crippen LogP contribution >= 0.6 is 0 Å². The molecular formula is C20H25F2IN2O3. The van der Waals surface area contributed by atoms with Crippen LogP contribution in [0.5, 0.6) is 0 Å². The Morgan fingerprint density at radius 3 is 2.61 bits per heavy atom. The molecule has 1 aliphatic carbocycles. The quantitative estimate of drug-likeness (QED) is 0.327. The SMILES string of the molecule is Cc1n(CCOC(=O)[C@](O)(c2ccccc2)[C@@H]2CCC(F)(F)C2)cc[n+]1C.[I-]. The topological polar surface area (TPSA) is 55.3 Å². The molecule has 1 saturated carbocycles. The lowest BCUT2D eigenvalue weighted by atomic mass is 9.80. The zero-order valence-corrected chi connectivity index (χ0v) is 18.1. The first-order chi connectivity index (χ1) is 12.7. The van der Waals surface area contributed by atoms with Gasteiger partial charge in [0.1, 0.15) is 25.5 Å². The van der Waals surface area contributed by atoms with Gasteiger partial charge in [-0.05, 0) is 12.0 Å². The second kappa shape index (κ2) is 8.86. The number of benzene rings is 1. The highest BCUT2D eigenvalue weighted by Crippen LogP contribution is 2.47. The summed E-state index contributed by atoms with van der Waals surface area (Å²) in [5, 5.41) is 11.2. The van der Waals surface area contributed by atoms with E-state index in [1.54, 1.807) is 30.3 Å². The minimum Gasteiger partial charge on any atom is -1.00 e. The minimum absolute atomic E-state index is 0. The van der Waals surface area contributed by atoms with Gasteiger partial charge in [-0.3, -0.25) is 0 Å². The van der Waals surface area contributed by atoms with Gasteiger partial charge in [-0.15, -0.1) is 0 Å². The average molecular weight is 506 g/mol. The van der Waals surface area contributed by atoms with E-state index in [1.807, 2.05) is 35.5 Å². The summed E-state index contributed by atoms with van der Waals surface area (Å²) in [5.74, 6) is -3.64. The molecule has 0 aliphatic heterocycles. The molecule has 0 bridgehead atoms. The van der Waals surface area contributed by atoms with Crippen LogP contribution in [0.4, 0.5) is 8.78 Å². The molecule has 0 amide bonds. The molecule has 0 radical (unpaired) electrons. The van der Waals surface area contributed by atoms with Crippen LogP contribution in [0.2, 0.25) is 0 Å². The van der Waals surface area contributed by atoms with Gasteiger partial charge in [0.05, 0.1) is 7.05 Å². The minimum atomic E-state index is -2.87. The fourth-order valence-electron chi connectivity index (χ4n) is 3.70. The molecule has 8 heteroatoms. The molecule has 1 aliphatic rings.